The van der Waals surface area contributed by atoms with Crippen LogP contribution in [-0.2, 0) is 0 Å². The molecular weight excluding hydrogens is 352 g/mol. The molecule has 6 nitrogen and oxygen atoms in total. The van der Waals surface area contributed by atoms with E-state index >= 15 is 0 Å². The maximum Gasteiger partial charge on any atom is 0.319 e. The van der Waals surface area contributed by atoms with Crippen LogP contribution in [0.2, 0.25) is 0 Å². The van der Waals surface area contributed by atoms with E-state index < -0.39 is 0 Å². The summed E-state index contributed by atoms with van der Waals surface area (Å²) in [4.78, 5) is 29.6. The molecule has 1 aliphatic heterocycles. The zero-order chi connectivity index (χ0) is 19.9. The minimum atomic E-state index is -0.179. The smallest absolute Gasteiger partial charge is 0.319 e. The SMILES string of the molecule is CCN(CC)C(=O)c1cc(NC(=O)NC2CCCCC2)ccc1N1CCCC1. The number of rotatable bonds is 6. The molecule has 0 radical (unpaired) electrons. The highest BCUT2D eigenvalue weighted by molar-refractivity contribution is 6.02. The van der Waals surface area contributed by atoms with E-state index in [1.54, 1.807) is 0 Å². The van der Waals surface area contributed by atoms with Gasteiger partial charge in [-0.05, 0) is 57.7 Å². The molecule has 6 heteroatoms. The van der Waals surface area contributed by atoms with Crippen molar-refractivity contribution in [2.75, 3.05) is 36.4 Å². The van der Waals surface area contributed by atoms with Crippen LogP contribution in [0, 0.1) is 0 Å². The van der Waals surface area contributed by atoms with E-state index in [2.05, 4.69) is 15.5 Å². The van der Waals surface area contributed by atoms with Gasteiger partial charge in [-0.25, -0.2) is 4.79 Å². The second-order valence-electron chi connectivity index (χ2n) is 7.84. The summed E-state index contributed by atoms with van der Waals surface area (Å²) in [5.74, 6) is 0.0308. The molecule has 154 valence electrons. The Hall–Kier alpha value is -2.24. The number of nitrogens with zero attached hydrogens (tertiary/aromatic N) is 2. The minimum Gasteiger partial charge on any atom is -0.371 e. The zero-order valence-corrected chi connectivity index (χ0v) is 17.3. The number of hydrogen-bond donors (Lipinski definition) is 2. The molecule has 0 spiro atoms. The maximum atomic E-state index is 13.1. The monoisotopic (exact) mass is 386 g/mol. The number of carbonyl (C=O) groups excluding carboxylic acids is 2. The van der Waals surface area contributed by atoms with Gasteiger partial charge in [0.2, 0.25) is 0 Å². The average molecular weight is 387 g/mol. The van der Waals surface area contributed by atoms with Crippen molar-refractivity contribution in [2.24, 2.45) is 0 Å². The third-order valence-electron chi connectivity index (χ3n) is 5.92. The predicted molar refractivity (Wildman–Crippen MR) is 114 cm³/mol. The minimum absolute atomic E-state index is 0.0308. The Bertz CT molecular complexity index is 675. The number of nitrogens with one attached hydrogen (secondary N) is 2. The highest BCUT2D eigenvalue weighted by atomic mass is 16.2. The Morgan fingerprint density at radius 2 is 1.71 bits per heavy atom. The van der Waals surface area contributed by atoms with Gasteiger partial charge in [-0.2, -0.15) is 0 Å². The second kappa shape index (κ2) is 9.80. The van der Waals surface area contributed by atoms with Crippen molar-refractivity contribution in [3.8, 4) is 0 Å². The molecule has 0 atom stereocenters. The molecule has 1 aromatic carbocycles. The van der Waals surface area contributed by atoms with E-state index in [9.17, 15) is 9.59 Å². The van der Waals surface area contributed by atoms with Crippen LogP contribution >= 0.6 is 0 Å². The van der Waals surface area contributed by atoms with Crippen LogP contribution in [0.3, 0.4) is 0 Å². The highest BCUT2D eigenvalue weighted by Gasteiger charge is 2.23. The Morgan fingerprint density at radius 3 is 2.36 bits per heavy atom. The first-order valence-electron chi connectivity index (χ1n) is 10.9. The lowest BCUT2D eigenvalue weighted by molar-refractivity contribution is 0.0773. The topological polar surface area (TPSA) is 64.7 Å². The highest BCUT2D eigenvalue weighted by Crippen LogP contribution is 2.29. The number of urea groups is 1. The molecule has 2 fully saturated rings. The lowest BCUT2D eigenvalue weighted by Gasteiger charge is -2.26. The fraction of sp³-hybridized carbons (Fsp3) is 0.636. The molecular formula is C22H34N4O2. The summed E-state index contributed by atoms with van der Waals surface area (Å²) in [5, 5.41) is 6.01. The van der Waals surface area contributed by atoms with Gasteiger partial charge in [0.1, 0.15) is 0 Å². The van der Waals surface area contributed by atoms with Crippen molar-refractivity contribution >= 4 is 23.3 Å². The number of benzene rings is 1. The van der Waals surface area contributed by atoms with E-state index in [0.717, 1.165) is 44.5 Å². The first kappa shape index (κ1) is 20.5. The summed E-state index contributed by atoms with van der Waals surface area (Å²) >= 11 is 0. The van der Waals surface area contributed by atoms with Gasteiger partial charge in [0, 0.05) is 43.6 Å². The zero-order valence-electron chi connectivity index (χ0n) is 17.3. The second-order valence-corrected chi connectivity index (χ2v) is 7.84. The number of amides is 3. The molecule has 3 amide bonds. The number of anilines is 2. The maximum absolute atomic E-state index is 13.1. The van der Waals surface area contributed by atoms with Gasteiger partial charge in [0.15, 0.2) is 0 Å². The fourth-order valence-electron chi connectivity index (χ4n) is 4.30. The van der Waals surface area contributed by atoms with Crippen LogP contribution < -0.4 is 15.5 Å². The molecule has 1 heterocycles. The van der Waals surface area contributed by atoms with Crippen LogP contribution in [-0.4, -0.2) is 49.1 Å². The Balaban J connectivity index is 1.77. The molecule has 1 saturated heterocycles. The lowest BCUT2D eigenvalue weighted by atomic mass is 9.96. The first-order valence-corrected chi connectivity index (χ1v) is 10.9. The third kappa shape index (κ3) is 4.97. The molecule has 1 aromatic rings. The Labute approximate surface area is 168 Å². The summed E-state index contributed by atoms with van der Waals surface area (Å²) in [5.41, 5.74) is 2.33. The third-order valence-corrected chi connectivity index (χ3v) is 5.92. The first-order chi connectivity index (χ1) is 13.6. The quantitative estimate of drug-likeness (QED) is 0.769. The van der Waals surface area contributed by atoms with Crippen molar-refractivity contribution in [1.82, 2.24) is 10.2 Å². The standard InChI is InChI=1S/C22H34N4O2/c1-3-25(4-2)21(27)19-16-18(12-13-20(19)26-14-8-9-15-26)24-22(28)23-17-10-6-5-7-11-17/h12-13,16-17H,3-11,14-15H2,1-2H3,(H2,23,24,28). The molecule has 3 rings (SSSR count). The molecule has 0 aromatic heterocycles. The normalized spacial score (nSPS) is 17.4. The molecule has 0 bridgehead atoms. The molecule has 1 aliphatic carbocycles. The van der Waals surface area contributed by atoms with Gasteiger partial charge >= 0.3 is 6.03 Å². The summed E-state index contributed by atoms with van der Waals surface area (Å²) in [6.07, 6.45) is 8.02. The Kier molecular flexibility index (Phi) is 7.18. The van der Waals surface area contributed by atoms with Crippen molar-refractivity contribution in [2.45, 2.75) is 64.8 Å². The van der Waals surface area contributed by atoms with Gasteiger partial charge in [0.05, 0.1) is 5.56 Å². The summed E-state index contributed by atoms with van der Waals surface area (Å²) in [6.45, 7) is 7.30. The van der Waals surface area contributed by atoms with Gasteiger partial charge < -0.3 is 20.4 Å². The molecule has 2 N–H and O–H groups in total. The number of carbonyl (C=O) groups is 2. The van der Waals surface area contributed by atoms with Crippen LogP contribution in [0.25, 0.3) is 0 Å². The van der Waals surface area contributed by atoms with Crippen molar-refractivity contribution < 1.29 is 9.59 Å². The molecule has 0 unspecified atom stereocenters. The van der Waals surface area contributed by atoms with E-state index in [1.807, 2.05) is 36.9 Å². The van der Waals surface area contributed by atoms with E-state index in [-0.39, 0.29) is 18.0 Å². The molecule has 2 aliphatic rings. The van der Waals surface area contributed by atoms with Crippen molar-refractivity contribution in [3.05, 3.63) is 23.8 Å². The predicted octanol–water partition coefficient (Wildman–Crippen LogP) is 4.22. The summed E-state index contributed by atoms with van der Waals surface area (Å²) < 4.78 is 0. The lowest BCUT2D eigenvalue weighted by Crippen LogP contribution is -2.39. The van der Waals surface area contributed by atoms with Crippen LogP contribution in [0.4, 0.5) is 16.2 Å². The van der Waals surface area contributed by atoms with Crippen molar-refractivity contribution in [3.63, 3.8) is 0 Å². The van der Waals surface area contributed by atoms with Crippen LogP contribution in [0.1, 0.15) is 69.2 Å². The Morgan fingerprint density at radius 1 is 1.04 bits per heavy atom. The van der Waals surface area contributed by atoms with Gasteiger partial charge in [-0.1, -0.05) is 19.3 Å². The van der Waals surface area contributed by atoms with Crippen LogP contribution in [0.15, 0.2) is 18.2 Å². The van der Waals surface area contributed by atoms with E-state index in [1.165, 1.54) is 19.3 Å². The fourth-order valence-corrected chi connectivity index (χ4v) is 4.30. The largest absolute Gasteiger partial charge is 0.371 e. The van der Waals surface area contributed by atoms with Crippen molar-refractivity contribution in [1.29, 1.82) is 0 Å². The van der Waals surface area contributed by atoms with Crippen LogP contribution in [0.5, 0.6) is 0 Å². The van der Waals surface area contributed by atoms with Gasteiger partial charge in [-0.3, -0.25) is 4.79 Å². The number of hydrogen-bond acceptors (Lipinski definition) is 3. The average Bonchev–Trinajstić information content (AvgIpc) is 3.24. The van der Waals surface area contributed by atoms with E-state index in [4.69, 9.17) is 0 Å². The summed E-state index contributed by atoms with van der Waals surface area (Å²) in [7, 11) is 0. The molecule has 1 saturated carbocycles. The van der Waals surface area contributed by atoms with E-state index in [0.29, 0.717) is 24.3 Å². The summed E-state index contributed by atoms with van der Waals surface area (Å²) in [6, 6.07) is 5.82. The molecule has 28 heavy (non-hydrogen) atoms. The van der Waals surface area contributed by atoms with Gasteiger partial charge in [0.25, 0.3) is 5.91 Å². The van der Waals surface area contributed by atoms with Gasteiger partial charge in [-0.15, -0.1) is 0 Å².